The summed E-state index contributed by atoms with van der Waals surface area (Å²) in [5, 5.41) is 4.05. The first-order valence-electron chi connectivity index (χ1n) is 9.18. The van der Waals surface area contributed by atoms with Crippen LogP contribution in [0.5, 0.6) is 0 Å². The number of fused-ring (bicyclic) bond motifs is 1. The molecule has 0 unspecified atom stereocenters. The third kappa shape index (κ3) is 3.28. The third-order valence-corrected chi connectivity index (χ3v) is 5.43. The monoisotopic (exact) mass is 363 g/mol. The Morgan fingerprint density at radius 2 is 2.08 bits per heavy atom. The van der Waals surface area contributed by atoms with Crippen LogP contribution in [0.4, 0.5) is 4.79 Å². The summed E-state index contributed by atoms with van der Waals surface area (Å²) in [7, 11) is 1.75. The van der Waals surface area contributed by atoms with Crippen LogP contribution < -0.4 is 0 Å². The molecule has 142 valence electrons. The van der Waals surface area contributed by atoms with Crippen molar-refractivity contribution in [3.05, 3.63) is 18.0 Å². The van der Waals surface area contributed by atoms with E-state index in [1.54, 1.807) is 33.8 Å². The Morgan fingerprint density at radius 3 is 2.81 bits per heavy atom. The number of hydrogen-bond donors (Lipinski definition) is 0. The van der Waals surface area contributed by atoms with Crippen molar-refractivity contribution >= 4 is 12.0 Å². The number of amides is 2. The van der Waals surface area contributed by atoms with Gasteiger partial charge in [0.2, 0.25) is 0 Å². The summed E-state index contributed by atoms with van der Waals surface area (Å²) < 4.78 is 12.4. The van der Waals surface area contributed by atoms with Gasteiger partial charge in [0.25, 0.3) is 5.91 Å². The SMILES string of the molecule is Cn1nccc1C(=O)N1C[C@H]2OC(=O)N(CCCN3CCOCC3)[C@H]2C1. The zero-order valence-electron chi connectivity index (χ0n) is 15.0. The summed E-state index contributed by atoms with van der Waals surface area (Å²) >= 11 is 0. The van der Waals surface area contributed by atoms with Crippen LogP contribution in [0.25, 0.3) is 0 Å². The van der Waals surface area contributed by atoms with Gasteiger partial charge >= 0.3 is 6.09 Å². The second-order valence-electron chi connectivity index (χ2n) is 7.04. The van der Waals surface area contributed by atoms with Gasteiger partial charge in [-0.15, -0.1) is 0 Å². The van der Waals surface area contributed by atoms with Crippen LogP contribution in [-0.2, 0) is 16.5 Å². The number of carbonyl (C=O) groups excluding carboxylic acids is 2. The van der Waals surface area contributed by atoms with Crippen LogP contribution in [0.3, 0.4) is 0 Å². The molecule has 9 nitrogen and oxygen atoms in total. The molecule has 3 aliphatic rings. The number of nitrogens with zero attached hydrogens (tertiary/aromatic N) is 5. The molecule has 0 aliphatic carbocycles. The molecule has 2 amide bonds. The minimum Gasteiger partial charge on any atom is -0.442 e. The van der Waals surface area contributed by atoms with Gasteiger partial charge in [0, 0.05) is 46.0 Å². The highest BCUT2D eigenvalue weighted by Gasteiger charge is 2.48. The topological polar surface area (TPSA) is 80.1 Å². The van der Waals surface area contributed by atoms with Gasteiger partial charge in [0.1, 0.15) is 11.8 Å². The minimum atomic E-state index is -0.255. The molecule has 0 N–H and O–H groups in total. The highest BCUT2D eigenvalue weighted by atomic mass is 16.6. The molecule has 1 aromatic rings. The molecule has 26 heavy (non-hydrogen) atoms. The normalized spacial score (nSPS) is 26.3. The van der Waals surface area contributed by atoms with Crippen LogP contribution in [0.1, 0.15) is 16.9 Å². The van der Waals surface area contributed by atoms with E-state index in [0.717, 1.165) is 39.3 Å². The second kappa shape index (κ2) is 7.24. The fraction of sp³-hybridized carbons (Fsp3) is 0.706. The molecule has 2 atom stereocenters. The van der Waals surface area contributed by atoms with E-state index in [2.05, 4.69) is 10.00 Å². The predicted octanol–water partition coefficient (Wildman–Crippen LogP) is -0.212. The van der Waals surface area contributed by atoms with Gasteiger partial charge in [-0.2, -0.15) is 5.10 Å². The van der Waals surface area contributed by atoms with Gasteiger partial charge in [-0.1, -0.05) is 0 Å². The Kier molecular flexibility index (Phi) is 4.82. The average Bonchev–Trinajstić information content (AvgIpc) is 3.31. The second-order valence-corrected chi connectivity index (χ2v) is 7.04. The van der Waals surface area contributed by atoms with Crippen molar-refractivity contribution in [3.8, 4) is 0 Å². The number of rotatable bonds is 5. The van der Waals surface area contributed by atoms with Crippen LogP contribution in [0.15, 0.2) is 12.3 Å². The number of morpholine rings is 1. The summed E-state index contributed by atoms with van der Waals surface area (Å²) in [6.07, 6.45) is 2.02. The van der Waals surface area contributed by atoms with Gasteiger partial charge in [-0.25, -0.2) is 4.79 Å². The van der Waals surface area contributed by atoms with E-state index in [-0.39, 0.29) is 24.1 Å². The van der Waals surface area contributed by atoms with Crippen molar-refractivity contribution in [2.24, 2.45) is 7.05 Å². The Labute approximate surface area is 152 Å². The largest absolute Gasteiger partial charge is 0.442 e. The van der Waals surface area contributed by atoms with E-state index >= 15 is 0 Å². The summed E-state index contributed by atoms with van der Waals surface area (Å²) in [6, 6.07) is 1.66. The van der Waals surface area contributed by atoms with Crippen LogP contribution >= 0.6 is 0 Å². The maximum atomic E-state index is 12.7. The van der Waals surface area contributed by atoms with E-state index in [4.69, 9.17) is 9.47 Å². The van der Waals surface area contributed by atoms with E-state index in [0.29, 0.717) is 25.3 Å². The molecule has 9 heteroatoms. The highest BCUT2D eigenvalue weighted by molar-refractivity contribution is 5.93. The number of ether oxygens (including phenoxy) is 2. The standard InChI is InChI=1S/C17H25N5O4/c1-19-13(3-4-18-19)16(23)21-11-14-15(12-21)26-17(24)22(14)6-2-5-20-7-9-25-10-8-20/h3-4,14-15H,2,5-12H2,1H3/t14-,15+/m0/s1. The van der Waals surface area contributed by atoms with E-state index in [1.165, 1.54) is 0 Å². The first-order valence-corrected chi connectivity index (χ1v) is 9.18. The zero-order chi connectivity index (χ0) is 18.1. The fourth-order valence-electron chi connectivity index (χ4n) is 3.96. The summed E-state index contributed by atoms with van der Waals surface area (Å²) in [4.78, 5) is 30.7. The molecule has 3 aliphatic heterocycles. The quantitative estimate of drug-likeness (QED) is 0.720. The third-order valence-electron chi connectivity index (χ3n) is 5.43. The maximum Gasteiger partial charge on any atom is 0.410 e. The Morgan fingerprint density at radius 1 is 1.27 bits per heavy atom. The highest BCUT2D eigenvalue weighted by Crippen LogP contribution is 2.28. The van der Waals surface area contributed by atoms with Crippen LogP contribution in [0.2, 0.25) is 0 Å². The molecule has 0 spiro atoms. The molecular formula is C17H25N5O4. The van der Waals surface area contributed by atoms with E-state index in [9.17, 15) is 9.59 Å². The summed E-state index contributed by atoms with van der Waals surface area (Å²) in [5.74, 6) is -0.0660. The first kappa shape index (κ1) is 17.3. The summed E-state index contributed by atoms with van der Waals surface area (Å²) in [6.45, 7) is 6.02. The molecule has 0 saturated carbocycles. The maximum absolute atomic E-state index is 12.7. The first-order chi connectivity index (χ1) is 12.6. The average molecular weight is 363 g/mol. The van der Waals surface area contributed by atoms with Crippen molar-refractivity contribution in [1.82, 2.24) is 24.5 Å². The number of carbonyl (C=O) groups is 2. The lowest BCUT2D eigenvalue weighted by Crippen LogP contribution is -2.42. The minimum absolute atomic E-state index is 0.0515. The summed E-state index contributed by atoms with van der Waals surface area (Å²) in [5.41, 5.74) is 0.551. The molecule has 4 rings (SSSR count). The Hall–Kier alpha value is -2.13. The Bertz CT molecular complexity index is 672. The lowest BCUT2D eigenvalue weighted by molar-refractivity contribution is 0.0362. The van der Waals surface area contributed by atoms with Gasteiger partial charge in [0.05, 0.1) is 25.8 Å². The molecule has 0 bridgehead atoms. The number of aryl methyl sites for hydroxylation is 1. The fourth-order valence-corrected chi connectivity index (χ4v) is 3.96. The lowest BCUT2D eigenvalue weighted by Gasteiger charge is -2.28. The van der Waals surface area contributed by atoms with Gasteiger partial charge < -0.3 is 14.4 Å². The van der Waals surface area contributed by atoms with E-state index < -0.39 is 0 Å². The van der Waals surface area contributed by atoms with E-state index in [1.807, 2.05) is 0 Å². The van der Waals surface area contributed by atoms with Gasteiger partial charge in [-0.05, 0) is 12.5 Å². The molecular weight excluding hydrogens is 338 g/mol. The lowest BCUT2D eigenvalue weighted by atomic mass is 10.2. The van der Waals surface area contributed by atoms with Crippen LogP contribution in [0, 0.1) is 0 Å². The van der Waals surface area contributed by atoms with Crippen molar-refractivity contribution in [3.63, 3.8) is 0 Å². The molecule has 3 saturated heterocycles. The molecule has 4 heterocycles. The predicted molar refractivity (Wildman–Crippen MR) is 91.8 cm³/mol. The van der Waals surface area contributed by atoms with Crippen molar-refractivity contribution in [2.45, 2.75) is 18.6 Å². The van der Waals surface area contributed by atoms with Gasteiger partial charge in [-0.3, -0.25) is 19.3 Å². The number of aromatic nitrogens is 2. The molecule has 0 radical (unpaired) electrons. The molecule has 0 aromatic carbocycles. The van der Waals surface area contributed by atoms with Crippen molar-refractivity contribution < 1.29 is 19.1 Å². The van der Waals surface area contributed by atoms with Crippen LogP contribution in [-0.4, -0.2) is 101 Å². The zero-order valence-corrected chi connectivity index (χ0v) is 15.0. The smallest absolute Gasteiger partial charge is 0.410 e. The Balaban J connectivity index is 1.32. The molecule has 3 fully saturated rings. The molecule has 1 aromatic heterocycles. The van der Waals surface area contributed by atoms with Gasteiger partial charge in [0.15, 0.2) is 0 Å². The van der Waals surface area contributed by atoms with Crippen molar-refractivity contribution in [1.29, 1.82) is 0 Å². The van der Waals surface area contributed by atoms with Crippen molar-refractivity contribution in [2.75, 3.05) is 52.5 Å². The number of likely N-dealkylation sites (tertiary alicyclic amines) is 1. The number of hydrogen-bond acceptors (Lipinski definition) is 6.